The maximum absolute atomic E-state index is 7.01. The minimum absolute atomic E-state index is 0.0454. The first-order chi connectivity index (χ1) is 34.6. The van der Waals surface area contributed by atoms with Gasteiger partial charge in [0.2, 0.25) is 5.71 Å². The van der Waals surface area contributed by atoms with Gasteiger partial charge in [0.1, 0.15) is 5.58 Å². The number of furan rings is 1. The van der Waals surface area contributed by atoms with Crippen LogP contribution in [0.15, 0.2) is 174 Å². The third kappa shape index (κ3) is 5.53. The first kappa shape index (κ1) is 41.7. The quantitative estimate of drug-likeness (QED) is 0.173. The number of rotatable bonds is 3. The molecule has 72 heavy (non-hydrogen) atoms. The van der Waals surface area contributed by atoms with Crippen LogP contribution in [0.1, 0.15) is 79.0 Å². The van der Waals surface area contributed by atoms with Crippen molar-refractivity contribution in [3.05, 3.63) is 187 Å². The average Bonchev–Trinajstić information content (AvgIpc) is 4.21. The summed E-state index contributed by atoms with van der Waals surface area (Å²) in [6, 6.07) is 64.2. The molecule has 9 aromatic carbocycles. The highest BCUT2D eigenvalue weighted by molar-refractivity contribution is 6.35. The van der Waals surface area contributed by atoms with Crippen LogP contribution in [0.4, 0.5) is 0 Å². The first-order valence-electron chi connectivity index (χ1n) is 25.7. The minimum Gasteiger partial charge on any atom is -0.439 e. The molecule has 0 aliphatic rings. The minimum atomic E-state index is -0.0958. The van der Waals surface area contributed by atoms with Crippen molar-refractivity contribution in [1.82, 2.24) is 13.4 Å². The van der Waals surface area contributed by atoms with Gasteiger partial charge in [0.25, 0.3) is 0 Å². The van der Waals surface area contributed by atoms with Crippen LogP contribution in [0.3, 0.4) is 0 Å². The highest BCUT2D eigenvalue weighted by Gasteiger charge is 2.31. The van der Waals surface area contributed by atoms with E-state index < -0.39 is 0 Å². The van der Waals surface area contributed by atoms with Crippen molar-refractivity contribution in [2.45, 2.75) is 78.6 Å². The Kier molecular flexibility index (Phi) is 8.02. The molecule has 4 heteroatoms. The lowest BCUT2D eigenvalue weighted by molar-refractivity contribution is 0.591. The van der Waals surface area contributed by atoms with Crippen LogP contribution < -0.4 is 0 Å². The third-order valence-electron chi connectivity index (χ3n) is 16.3. The average molecular weight is 930 g/mol. The molecule has 0 aliphatic heterocycles. The Balaban J connectivity index is 1.09. The summed E-state index contributed by atoms with van der Waals surface area (Å²) < 4.78 is 14.6. The van der Waals surface area contributed by atoms with Crippen LogP contribution in [0.25, 0.3) is 137 Å². The van der Waals surface area contributed by atoms with Gasteiger partial charge in [-0.15, -0.1) is 0 Å². The van der Waals surface area contributed by atoms with E-state index in [-0.39, 0.29) is 16.2 Å². The van der Waals surface area contributed by atoms with Crippen LogP contribution in [0.5, 0.6) is 0 Å². The fraction of sp³-hybridized carbons (Fsp3) is 0.176. The predicted molar refractivity (Wildman–Crippen MR) is 307 cm³/mol. The van der Waals surface area contributed by atoms with Crippen molar-refractivity contribution in [1.29, 1.82) is 0 Å². The molecule has 0 bridgehead atoms. The van der Waals surface area contributed by atoms with Gasteiger partial charge in [-0.1, -0.05) is 153 Å². The second-order valence-corrected chi connectivity index (χ2v) is 23.8. The first-order valence-corrected chi connectivity index (χ1v) is 25.7. The van der Waals surface area contributed by atoms with Crippen molar-refractivity contribution < 1.29 is 4.42 Å². The molecule has 0 N–H and O–H groups in total. The molecule has 0 radical (unpaired) electrons. The van der Waals surface area contributed by atoms with Gasteiger partial charge in [-0.05, 0) is 128 Å². The lowest BCUT2D eigenvalue weighted by Gasteiger charge is -2.22. The second kappa shape index (κ2) is 13.9. The molecular formula is C68H55N3O. The van der Waals surface area contributed by atoms with Crippen molar-refractivity contribution >= 4 is 109 Å². The molecule has 348 valence electrons. The Bertz CT molecular complexity index is 4780. The van der Waals surface area contributed by atoms with Gasteiger partial charge in [-0.3, -0.25) is 4.40 Å². The highest BCUT2D eigenvalue weighted by Crippen LogP contribution is 2.52. The molecule has 15 aromatic rings. The smallest absolute Gasteiger partial charge is 0.213 e. The summed E-state index contributed by atoms with van der Waals surface area (Å²) in [6.45, 7) is 21.1. The maximum atomic E-state index is 7.01. The third-order valence-corrected chi connectivity index (χ3v) is 16.3. The molecule has 0 saturated heterocycles. The Labute approximate surface area is 418 Å². The molecule has 4 nitrogen and oxygen atoms in total. The predicted octanol–water partition coefficient (Wildman–Crippen LogP) is 19.1. The second-order valence-electron chi connectivity index (χ2n) is 23.8. The molecule has 0 unspecified atom stereocenters. The Morgan fingerprint density at radius 3 is 1.64 bits per heavy atom. The molecule has 0 fully saturated rings. The normalized spacial score (nSPS) is 13.3. The molecule has 15 rings (SSSR count). The molecule has 0 saturated carbocycles. The van der Waals surface area contributed by atoms with E-state index in [1.165, 1.54) is 137 Å². The topological polar surface area (TPSA) is 26.9 Å². The van der Waals surface area contributed by atoms with Gasteiger partial charge >= 0.3 is 0 Å². The Hall–Kier alpha value is -8.08. The molecular weight excluding hydrogens is 875 g/mol. The number of hydrogen-bond acceptors (Lipinski definition) is 1. The summed E-state index contributed by atoms with van der Waals surface area (Å²) in [5.41, 5.74) is 20.2. The number of hydrogen-bond donors (Lipinski definition) is 0. The fourth-order valence-corrected chi connectivity index (χ4v) is 12.6. The van der Waals surface area contributed by atoms with Crippen LogP contribution >= 0.6 is 0 Å². The van der Waals surface area contributed by atoms with Gasteiger partial charge in [0.15, 0.2) is 0 Å². The van der Waals surface area contributed by atoms with Crippen molar-refractivity contribution in [2.24, 2.45) is 0 Å². The van der Waals surface area contributed by atoms with E-state index >= 15 is 0 Å². The lowest BCUT2D eigenvalue weighted by atomic mass is 9.83. The van der Waals surface area contributed by atoms with E-state index in [9.17, 15) is 0 Å². The van der Waals surface area contributed by atoms with Gasteiger partial charge < -0.3 is 13.4 Å². The molecule has 6 heterocycles. The maximum Gasteiger partial charge on any atom is 0.213 e. The molecule has 0 aliphatic carbocycles. The molecule has 6 aromatic heterocycles. The SMILES string of the molecule is CC(C)(C)c1cc(-c2ccc3c(c2)c2ccccc2n3-c2cccc(-c3ccccc3)c2)c2c(c1)c1cc(C(C)(C)C)cc3c4c(ccc5c6cc(C(C)(C)C)cc7c8c9ccccc9oc8n(c67)c54)n2c13. The van der Waals surface area contributed by atoms with Crippen molar-refractivity contribution in [3.8, 4) is 27.9 Å². The number of fused-ring (bicyclic) bond motifs is 18. The number of benzene rings is 9. The standard InChI is InChI=1S/C68H55N3O/c1-66(2,3)41-32-48(40-26-28-56-49(31-40)45-22-13-15-24-55(45)69(56)44-21-17-20-39(30-44)38-18-11-10-12-19-38)61-51(34-41)52-35-43(68(7,8)9)37-54-60-57(70(61)62(52)54)29-27-46-50-33-42(67(4,5)6)36-53-59-47-23-14-16-25-58(47)72-65(59)71(63(50)53)64(46)60/h10-37H,1-9H3. The summed E-state index contributed by atoms with van der Waals surface area (Å²) in [5, 5.41) is 13.8. The lowest BCUT2D eigenvalue weighted by Crippen LogP contribution is -2.11. The van der Waals surface area contributed by atoms with Crippen molar-refractivity contribution in [2.75, 3.05) is 0 Å². The Morgan fingerprint density at radius 1 is 0.333 bits per heavy atom. The summed E-state index contributed by atoms with van der Waals surface area (Å²) in [6.07, 6.45) is 0. The largest absolute Gasteiger partial charge is 0.439 e. The monoisotopic (exact) mass is 929 g/mol. The zero-order chi connectivity index (χ0) is 48.9. The number of para-hydroxylation sites is 2. The number of aromatic nitrogens is 3. The zero-order valence-electron chi connectivity index (χ0n) is 42.4. The van der Waals surface area contributed by atoms with Gasteiger partial charge in [0.05, 0.1) is 44.0 Å². The summed E-state index contributed by atoms with van der Waals surface area (Å²) in [4.78, 5) is 0. The van der Waals surface area contributed by atoms with Gasteiger partial charge in [-0.25, -0.2) is 0 Å². The van der Waals surface area contributed by atoms with Crippen LogP contribution in [-0.4, -0.2) is 13.4 Å². The highest BCUT2D eigenvalue weighted by atomic mass is 16.3. The Morgan fingerprint density at radius 2 is 0.903 bits per heavy atom. The van der Waals surface area contributed by atoms with E-state index in [0.717, 1.165) is 17.0 Å². The summed E-state index contributed by atoms with van der Waals surface area (Å²) in [5.74, 6) is 0. The van der Waals surface area contributed by atoms with E-state index in [4.69, 9.17) is 4.42 Å². The van der Waals surface area contributed by atoms with Crippen LogP contribution in [0, 0.1) is 0 Å². The zero-order valence-corrected chi connectivity index (χ0v) is 42.4. The molecule has 0 spiro atoms. The van der Waals surface area contributed by atoms with E-state index in [0.29, 0.717) is 0 Å². The van der Waals surface area contributed by atoms with Crippen LogP contribution in [0.2, 0.25) is 0 Å². The van der Waals surface area contributed by atoms with Gasteiger partial charge in [-0.2, -0.15) is 0 Å². The summed E-state index contributed by atoms with van der Waals surface area (Å²) >= 11 is 0. The van der Waals surface area contributed by atoms with E-state index in [1.54, 1.807) is 0 Å². The fourth-order valence-electron chi connectivity index (χ4n) is 12.6. The molecule has 0 amide bonds. The van der Waals surface area contributed by atoms with Gasteiger partial charge in [0, 0.05) is 65.1 Å². The van der Waals surface area contributed by atoms with E-state index in [1.807, 2.05) is 0 Å². The summed E-state index contributed by atoms with van der Waals surface area (Å²) in [7, 11) is 0. The van der Waals surface area contributed by atoms with E-state index in [2.05, 4.69) is 246 Å². The molecule has 0 atom stereocenters. The van der Waals surface area contributed by atoms with Crippen LogP contribution in [-0.2, 0) is 16.2 Å². The van der Waals surface area contributed by atoms with Crippen molar-refractivity contribution in [3.63, 3.8) is 0 Å². The number of nitrogens with zero attached hydrogens (tertiary/aromatic N) is 3.